The summed E-state index contributed by atoms with van der Waals surface area (Å²) in [5, 5.41) is 0. The van der Waals surface area contributed by atoms with Crippen LogP contribution in [0.25, 0.3) is 0 Å². The average Bonchev–Trinajstić information content (AvgIpc) is 2.47. The van der Waals surface area contributed by atoms with Gasteiger partial charge in [-0.25, -0.2) is 0 Å². The van der Waals surface area contributed by atoms with Gasteiger partial charge in [0, 0.05) is 5.56 Å². The lowest BCUT2D eigenvalue weighted by molar-refractivity contribution is -0.172. The topological polar surface area (TPSA) is 78.3 Å². The van der Waals surface area contributed by atoms with E-state index in [4.69, 9.17) is 16.2 Å². The summed E-state index contributed by atoms with van der Waals surface area (Å²) in [5.41, 5.74) is 13.4. The summed E-state index contributed by atoms with van der Waals surface area (Å²) in [5.74, 6) is 2.23. The van der Waals surface area contributed by atoms with E-state index in [1.165, 1.54) is 19.3 Å². The van der Waals surface area contributed by atoms with Crippen molar-refractivity contribution in [2.24, 2.45) is 23.2 Å². The first-order chi connectivity index (χ1) is 10.6. The van der Waals surface area contributed by atoms with E-state index < -0.39 is 0 Å². The van der Waals surface area contributed by atoms with Gasteiger partial charge >= 0.3 is 5.97 Å². The van der Waals surface area contributed by atoms with Crippen LogP contribution in [0.1, 0.15) is 44.1 Å². The Morgan fingerprint density at radius 1 is 1.09 bits per heavy atom. The van der Waals surface area contributed by atoms with Crippen LogP contribution < -0.4 is 11.5 Å². The second-order valence-corrected chi connectivity index (χ2v) is 7.69. The van der Waals surface area contributed by atoms with Gasteiger partial charge in [-0.05, 0) is 62.3 Å². The largest absolute Gasteiger partial charge is 0.460 e. The fraction of sp³-hybridized carbons (Fsp3) is 0.611. The zero-order valence-electron chi connectivity index (χ0n) is 12.9. The highest BCUT2D eigenvalue weighted by atomic mass is 16.5. The Morgan fingerprint density at radius 2 is 1.68 bits per heavy atom. The molecule has 0 unspecified atom stereocenters. The molecule has 0 amide bonds. The molecule has 4 N–H and O–H groups in total. The van der Waals surface area contributed by atoms with Crippen LogP contribution in [-0.4, -0.2) is 5.97 Å². The Balaban J connectivity index is 1.47. The van der Waals surface area contributed by atoms with E-state index in [0.717, 1.165) is 42.6 Å². The zero-order valence-corrected chi connectivity index (χ0v) is 12.9. The predicted octanol–water partition coefficient (Wildman–Crippen LogP) is 3.11. The summed E-state index contributed by atoms with van der Waals surface area (Å²) >= 11 is 0. The molecule has 118 valence electrons. The third kappa shape index (κ3) is 2.16. The quantitative estimate of drug-likeness (QED) is 0.664. The van der Waals surface area contributed by atoms with Gasteiger partial charge in [-0.3, -0.25) is 4.79 Å². The molecule has 0 saturated heterocycles. The number of para-hydroxylation sites is 1. The van der Waals surface area contributed by atoms with Crippen LogP contribution in [0.2, 0.25) is 0 Å². The molecule has 4 saturated carbocycles. The Hall–Kier alpha value is -1.71. The smallest absolute Gasteiger partial charge is 0.312 e. The minimum atomic E-state index is -0.205. The fourth-order valence-corrected chi connectivity index (χ4v) is 5.42. The molecule has 4 bridgehead atoms. The highest BCUT2D eigenvalue weighted by Gasteiger charge is 2.55. The maximum absolute atomic E-state index is 12.8. The highest BCUT2D eigenvalue weighted by Crippen LogP contribution is 2.60. The molecule has 1 aromatic carbocycles. The van der Waals surface area contributed by atoms with Gasteiger partial charge in [-0.15, -0.1) is 0 Å². The van der Waals surface area contributed by atoms with Crippen molar-refractivity contribution in [2.75, 3.05) is 11.5 Å². The zero-order chi connectivity index (χ0) is 15.3. The average molecular weight is 300 g/mol. The molecule has 0 radical (unpaired) electrons. The third-order valence-corrected chi connectivity index (χ3v) is 6.06. The molecule has 0 aromatic heterocycles. The first-order valence-electron chi connectivity index (χ1n) is 8.36. The summed E-state index contributed by atoms with van der Waals surface area (Å²) in [6.07, 6.45) is 7.08. The first-order valence-corrected chi connectivity index (χ1v) is 8.36. The van der Waals surface area contributed by atoms with Crippen LogP contribution in [0, 0.1) is 23.2 Å². The minimum absolute atomic E-state index is 0.00609. The molecule has 0 heterocycles. The number of hydrogen-bond acceptors (Lipinski definition) is 4. The maximum atomic E-state index is 12.8. The van der Waals surface area contributed by atoms with Gasteiger partial charge in [0.15, 0.2) is 0 Å². The van der Waals surface area contributed by atoms with Crippen molar-refractivity contribution in [2.45, 2.75) is 45.1 Å². The van der Waals surface area contributed by atoms with Crippen molar-refractivity contribution >= 4 is 17.3 Å². The molecule has 4 fully saturated rings. The number of anilines is 2. The molecular formula is C18H24N2O2. The molecule has 0 aliphatic heterocycles. The number of carbonyl (C=O) groups excluding carboxylic acids is 1. The van der Waals surface area contributed by atoms with E-state index in [1.807, 2.05) is 12.1 Å². The summed E-state index contributed by atoms with van der Waals surface area (Å²) in [7, 11) is 0. The monoisotopic (exact) mass is 300 g/mol. The van der Waals surface area contributed by atoms with E-state index in [2.05, 4.69) is 0 Å². The van der Waals surface area contributed by atoms with E-state index in [-0.39, 0.29) is 18.0 Å². The minimum Gasteiger partial charge on any atom is -0.460 e. The lowest BCUT2D eigenvalue weighted by atomic mass is 9.49. The highest BCUT2D eigenvalue weighted by molar-refractivity contribution is 5.78. The number of benzene rings is 1. The van der Waals surface area contributed by atoms with Gasteiger partial charge < -0.3 is 16.2 Å². The summed E-state index contributed by atoms with van der Waals surface area (Å²) in [4.78, 5) is 12.8. The van der Waals surface area contributed by atoms with Crippen molar-refractivity contribution in [3.8, 4) is 0 Å². The summed E-state index contributed by atoms with van der Waals surface area (Å²) in [6.45, 7) is 0.234. The molecule has 4 heteroatoms. The van der Waals surface area contributed by atoms with E-state index in [9.17, 15) is 4.79 Å². The van der Waals surface area contributed by atoms with Gasteiger partial charge in [0.05, 0.1) is 16.8 Å². The third-order valence-electron chi connectivity index (χ3n) is 6.06. The molecule has 4 nitrogen and oxygen atoms in total. The molecule has 5 rings (SSSR count). The molecule has 1 aromatic rings. The number of hydrogen-bond donors (Lipinski definition) is 2. The van der Waals surface area contributed by atoms with Gasteiger partial charge in [0.1, 0.15) is 6.61 Å². The number of esters is 1. The molecule has 0 spiro atoms. The van der Waals surface area contributed by atoms with Crippen LogP contribution >= 0.6 is 0 Å². The molecule has 4 aliphatic rings. The lowest BCUT2D eigenvalue weighted by Gasteiger charge is -2.55. The predicted molar refractivity (Wildman–Crippen MR) is 85.7 cm³/mol. The van der Waals surface area contributed by atoms with Gasteiger partial charge in [0.2, 0.25) is 0 Å². The summed E-state index contributed by atoms with van der Waals surface area (Å²) < 4.78 is 5.67. The fourth-order valence-electron chi connectivity index (χ4n) is 5.42. The molecule has 4 aliphatic carbocycles. The maximum Gasteiger partial charge on any atom is 0.312 e. The number of carbonyl (C=O) groups is 1. The lowest BCUT2D eigenvalue weighted by Crippen LogP contribution is -2.50. The van der Waals surface area contributed by atoms with Crippen molar-refractivity contribution < 1.29 is 9.53 Å². The molecule has 0 atom stereocenters. The van der Waals surface area contributed by atoms with E-state index >= 15 is 0 Å². The van der Waals surface area contributed by atoms with Gasteiger partial charge in [-0.2, -0.15) is 0 Å². The Morgan fingerprint density at radius 3 is 2.27 bits per heavy atom. The normalized spacial score (nSPS) is 35.5. The second kappa shape index (κ2) is 4.90. The van der Waals surface area contributed by atoms with Crippen molar-refractivity contribution in [3.05, 3.63) is 23.8 Å². The standard InChI is InChI=1S/C18H24N2O2/c19-15-3-1-2-14(16(15)20)10-22-17(21)18-7-11-4-12(8-18)6-13(5-11)9-18/h1-3,11-13H,4-10,19-20H2. The van der Waals surface area contributed by atoms with Crippen molar-refractivity contribution in [1.82, 2.24) is 0 Å². The van der Waals surface area contributed by atoms with Crippen LogP contribution in [-0.2, 0) is 16.1 Å². The van der Waals surface area contributed by atoms with Crippen LogP contribution in [0.15, 0.2) is 18.2 Å². The van der Waals surface area contributed by atoms with Crippen LogP contribution in [0.5, 0.6) is 0 Å². The van der Waals surface area contributed by atoms with E-state index in [0.29, 0.717) is 11.4 Å². The van der Waals surface area contributed by atoms with Crippen molar-refractivity contribution in [1.29, 1.82) is 0 Å². The van der Waals surface area contributed by atoms with E-state index in [1.54, 1.807) is 6.07 Å². The number of rotatable bonds is 3. The van der Waals surface area contributed by atoms with Crippen molar-refractivity contribution in [3.63, 3.8) is 0 Å². The molecular weight excluding hydrogens is 276 g/mol. The van der Waals surface area contributed by atoms with Gasteiger partial charge in [-0.1, -0.05) is 12.1 Å². The van der Waals surface area contributed by atoms with Gasteiger partial charge in [0.25, 0.3) is 0 Å². The van der Waals surface area contributed by atoms with Crippen LogP contribution in [0.4, 0.5) is 11.4 Å². The Labute approximate surface area is 131 Å². The number of nitrogen functional groups attached to an aromatic ring is 2. The number of ether oxygens (including phenoxy) is 1. The second-order valence-electron chi connectivity index (χ2n) is 7.69. The number of nitrogens with two attached hydrogens (primary N) is 2. The first kappa shape index (κ1) is 13.9. The van der Waals surface area contributed by atoms with Crippen LogP contribution in [0.3, 0.4) is 0 Å². The Kier molecular flexibility index (Phi) is 3.10. The molecule has 22 heavy (non-hydrogen) atoms. The SMILES string of the molecule is Nc1cccc(COC(=O)C23CC4CC(CC(C4)C2)C3)c1N. The Bertz CT molecular complexity index is 576. The summed E-state index contributed by atoms with van der Waals surface area (Å²) in [6, 6.07) is 5.48.